The lowest BCUT2D eigenvalue weighted by molar-refractivity contribution is 1.09. The van der Waals surface area contributed by atoms with Gasteiger partial charge in [-0.1, -0.05) is 48.6 Å². The Bertz CT molecular complexity index is 768. The highest BCUT2D eigenvalue weighted by Crippen LogP contribution is 2.36. The summed E-state index contributed by atoms with van der Waals surface area (Å²) in [6, 6.07) is 17.0. The number of rotatable bonds is 1. The largest absolute Gasteiger partial charge is 0.359 e. The number of benzene rings is 2. The minimum Gasteiger partial charge on any atom is -0.359 e. The number of anilines is 2. The van der Waals surface area contributed by atoms with Gasteiger partial charge >= 0.3 is 0 Å². The molecule has 0 fully saturated rings. The summed E-state index contributed by atoms with van der Waals surface area (Å²) in [5.74, 6) is 0. The van der Waals surface area contributed by atoms with E-state index in [0.717, 1.165) is 6.54 Å². The standard InChI is InChI=1S/C17H14N2/c1-4-10-16-13(6-1)7-5-11-19(16)17-12-18-15-9-3-2-8-14(15)17/h1-10,12,18H,11H2. The van der Waals surface area contributed by atoms with Crippen molar-refractivity contribution < 1.29 is 0 Å². The summed E-state index contributed by atoms with van der Waals surface area (Å²) in [6.07, 6.45) is 6.51. The van der Waals surface area contributed by atoms with Gasteiger partial charge in [-0.15, -0.1) is 0 Å². The highest BCUT2D eigenvalue weighted by molar-refractivity contribution is 5.96. The van der Waals surface area contributed by atoms with Gasteiger partial charge in [0.1, 0.15) is 0 Å². The van der Waals surface area contributed by atoms with Gasteiger partial charge in [0, 0.05) is 29.3 Å². The molecule has 0 saturated heterocycles. The molecule has 2 heterocycles. The molecule has 2 heteroatoms. The first-order valence-corrected chi connectivity index (χ1v) is 6.53. The van der Waals surface area contributed by atoms with E-state index in [1.165, 1.54) is 27.8 Å². The third-order valence-corrected chi connectivity index (χ3v) is 3.67. The average Bonchev–Trinajstić information content (AvgIpc) is 2.90. The minimum atomic E-state index is 0.916. The predicted molar refractivity (Wildman–Crippen MR) is 80.8 cm³/mol. The topological polar surface area (TPSA) is 19.0 Å². The molecule has 0 saturated carbocycles. The molecule has 1 aromatic heterocycles. The summed E-state index contributed by atoms with van der Waals surface area (Å²) in [4.78, 5) is 5.71. The van der Waals surface area contributed by atoms with Crippen molar-refractivity contribution in [3.8, 4) is 0 Å². The SMILES string of the molecule is C1=Cc2ccccc2N(c2c[nH]c3ccccc23)C1. The Balaban J connectivity index is 1.92. The summed E-state index contributed by atoms with van der Waals surface area (Å²) in [5.41, 5.74) is 4.98. The molecule has 1 aliphatic heterocycles. The first-order valence-electron chi connectivity index (χ1n) is 6.53. The van der Waals surface area contributed by atoms with Crippen LogP contribution in [0.3, 0.4) is 0 Å². The van der Waals surface area contributed by atoms with Gasteiger partial charge in [-0.05, 0) is 17.7 Å². The van der Waals surface area contributed by atoms with Crippen molar-refractivity contribution in [3.05, 3.63) is 66.4 Å². The Morgan fingerprint density at radius 2 is 1.74 bits per heavy atom. The number of hydrogen-bond acceptors (Lipinski definition) is 1. The van der Waals surface area contributed by atoms with E-state index in [1.54, 1.807) is 0 Å². The number of hydrogen-bond donors (Lipinski definition) is 1. The van der Waals surface area contributed by atoms with Gasteiger partial charge in [-0.2, -0.15) is 0 Å². The van der Waals surface area contributed by atoms with E-state index in [1.807, 2.05) is 0 Å². The molecule has 3 aromatic rings. The second kappa shape index (κ2) is 4.02. The van der Waals surface area contributed by atoms with Crippen molar-refractivity contribution in [2.45, 2.75) is 0 Å². The third kappa shape index (κ3) is 1.57. The van der Waals surface area contributed by atoms with Gasteiger partial charge in [0.05, 0.1) is 5.69 Å². The van der Waals surface area contributed by atoms with Crippen LogP contribution in [0.2, 0.25) is 0 Å². The van der Waals surface area contributed by atoms with Crippen LogP contribution >= 0.6 is 0 Å². The number of fused-ring (bicyclic) bond motifs is 2. The van der Waals surface area contributed by atoms with Gasteiger partial charge in [-0.3, -0.25) is 0 Å². The molecule has 1 aliphatic rings. The Hall–Kier alpha value is -2.48. The zero-order valence-corrected chi connectivity index (χ0v) is 10.5. The van der Waals surface area contributed by atoms with Crippen molar-refractivity contribution in [2.24, 2.45) is 0 Å². The fourth-order valence-electron chi connectivity index (χ4n) is 2.77. The van der Waals surface area contributed by atoms with E-state index >= 15 is 0 Å². The van der Waals surface area contributed by atoms with Gasteiger partial charge in [0.25, 0.3) is 0 Å². The van der Waals surface area contributed by atoms with Gasteiger partial charge in [0.15, 0.2) is 0 Å². The van der Waals surface area contributed by atoms with Crippen molar-refractivity contribution >= 4 is 28.4 Å². The molecule has 0 spiro atoms. The molecule has 2 aromatic carbocycles. The molecule has 0 bridgehead atoms. The third-order valence-electron chi connectivity index (χ3n) is 3.67. The van der Waals surface area contributed by atoms with Crippen LogP contribution in [0.15, 0.2) is 60.8 Å². The molecule has 0 radical (unpaired) electrons. The van der Waals surface area contributed by atoms with E-state index in [2.05, 4.69) is 76.8 Å². The summed E-state index contributed by atoms with van der Waals surface area (Å²) < 4.78 is 0. The molecule has 0 amide bonds. The van der Waals surface area contributed by atoms with Crippen LogP contribution < -0.4 is 4.90 Å². The van der Waals surface area contributed by atoms with Crippen molar-refractivity contribution in [1.29, 1.82) is 0 Å². The number of aromatic nitrogens is 1. The number of nitrogens with zero attached hydrogens (tertiary/aromatic N) is 1. The number of para-hydroxylation sites is 2. The molecule has 0 atom stereocenters. The maximum atomic E-state index is 3.35. The second-order valence-corrected chi connectivity index (χ2v) is 4.79. The van der Waals surface area contributed by atoms with Crippen LogP contribution in [-0.2, 0) is 0 Å². The minimum absolute atomic E-state index is 0.916. The van der Waals surface area contributed by atoms with Crippen LogP contribution in [0, 0.1) is 0 Å². The number of nitrogens with one attached hydrogen (secondary N) is 1. The lowest BCUT2D eigenvalue weighted by Crippen LogP contribution is -2.19. The van der Waals surface area contributed by atoms with E-state index in [0.29, 0.717) is 0 Å². The highest BCUT2D eigenvalue weighted by atomic mass is 15.1. The first kappa shape index (κ1) is 10.4. The number of aromatic amines is 1. The quantitative estimate of drug-likeness (QED) is 0.677. The zero-order valence-electron chi connectivity index (χ0n) is 10.5. The number of H-pyrrole nitrogens is 1. The van der Waals surface area contributed by atoms with E-state index in [-0.39, 0.29) is 0 Å². The van der Waals surface area contributed by atoms with Gasteiger partial charge < -0.3 is 9.88 Å². The molecular formula is C17H14N2. The van der Waals surface area contributed by atoms with Gasteiger partial charge in [0.2, 0.25) is 0 Å². The Morgan fingerprint density at radius 3 is 2.74 bits per heavy atom. The second-order valence-electron chi connectivity index (χ2n) is 4.79. The molecule has 0 unspecified atom stereocenters. The van der Waals surface area contributed by atoms with E-state index in [4.69, 9.17) is 0 Å². The molecule has 19 heavy (non-hydrogen) atoms. The average molecular weight is 246 g/mol. The lowest BCUT2D eigenvalue weighted by atomic mass is 10.1. The predicted octanol–water partition coefficient (Wildman–Crippen LogP) is 4.33. The van der Waals surface area contributed by atoms with Crippen LogP contribution in [0.5, 0.6) is 0 Å². The molecule has 1 N–H and O–H groups in total. The van der Waals surface area contributed by atoms with Crippen LogP contribution in [-0.4, -0.2) is 11.5 Å². The van der Waals surface area contributed by atoms with E-state index < -0.39 is 0 Å². The summed E-state index contributed by atoms with van der Waals surface area (Å²) in [7, 11) is 0. The maximum absolute atomic E-state index is 3.35. The van der Waals surface area contributed by atoms with E-state index in [9.17, 15) is 0 Å². The van der Waals surface area contributed by atoms with Crippen molar-refractivity contribution in [3.63, 3.8) is 0 Å². The maximum Gasteiger partial charge on any atom is 0.0671 e. The van der Waals surface area contributed by atoms with Crippen molar-refractivity contribution in [1.82, 2.24) is 4.98 Å². The Labute approximate surface area is 112 Å². The van der Waals surface area contributed by atoms with Gasteiger partial charge in [-0.25, -0.2) is 0 Å². The molecule has 0 aliphatic carbocycles. The first-order chi connectivity index (χ1) is 9.43. The molecule has 4 rings (SSSR count). The Morgan fingerprint density at radius 1 is 0.895 bits per heavy atom. The van der Waals surface area contributed by atoms with Crippen LogP contribution in [0.4, 0.5) is 11.4 Å². The summed E-state index contributed by atoms with van der Waals surface area (Å²) >= 11 is 0. The molecular weight excluding hydrogens is 232 g/mol. The normalized spacial score (nSPS) is 13.8. The highest BCUT2D eigenvalue weighted by Gasteiger charge is 2.17. The summed E-state index contributed by atoms with van der Waals surface area (Å²) in [6.45, 7) is 0.916. The monoisotopic (exact) mass is 246 g/mol. The molecule has 92 valence electrons. The smallest absolute Gasteiger partial charge is 0.0671 e. The van der Waals surface area contributed by atoms with Crippen molar-refractivity contribution in [2.75, 3.05) is 11.4 Å². The molecule has 2 nitrogen and oxygen atoms in total. The Kier molecular flexibility index (Phi) is 2.21. The zero-order chi connectivity index (χ0) is 12.7. The fourth-order valence-corrected chi connectivity index (χ4v) is 2.77. The lowest BCUT2D eigenvalue weighted by Gasteiger charge is -2.27. The van der Waals surface area contributed by atoms with Crippen LogP contribution in [0.1, 0.15) is 5.56 Å². The van der Waals surface area contributed by atoms with Crippen LogP contribution in [0.25, 0.3) is 17.0 Å². The fraction of sp³-hybridized carbons (Fsp3) is 0.0588. The summed E-state index contributed by atoms with van der Waals surface area (Å²) in [5, 5.41) is 1.27.